The highest BCUT2D eigenvalue weighted by molar-refractivity contribution is 5.80. The van der Waals surface area contributed by atoms with Gasteiger partial charge >= 0.3 is 5.97 Å². The quantitative estimate of drug-likeness (QED) is 0.533. The highest BCUT2D eigenvalue weighted by Gasteiger charge is 2.25. The van der Waals surface area contributed by atoms with E-state index >= 15 is 0 Å². The third kappa shape index (κ3) is 5.16. The Morgan fingerprint density at radius 1 is 1.22 bits per heavy atom. The van der Waals surface area contributed by atoms with E-state index in [0.717, 1.165) is 16.7 Å². The van der Waals surface area contributed by atoms with Crippen molar-refractivity contribution < 1.29 is 19.0 Å². The number of allylic oxidation sites excluding steroid dienone is 2. The Morgan fingerprint density at radius 3 is 2.39 bits per heavy atom. The molecule has 0 fully saturated rings. The third-order valence-electron chi connectivity index (χ3n) is 3.53. The third-order valence-corrected chi connectivity index (χ3v) is 3.53. The molecular weight excluding hydrogens is 292 g/mol. The average molecular weight is 318 g/mol. The molecule has 0 aliphatic heterocycles. The molecule has 0 bridgehead atoms. The summed E-state index contributed by atoms with van der Waals surface area (Å²) in [6.07, 6.45) is 4.05. The fourth-order valence-electron chi connectivity index (χ4n) is 2.25. The van der Waals surface area contributed by atoms with E-state index in [4.69, 9.17) is 14.2 Å². The molecule has 1 atom stereocenters. The zero-order chi connectivity index (χ0) is 17.4. The van der Waals surface area contributed by atoms with E-state index in [9.17, 15) is 4.79 Å². The van der Waals surface area contributed by atoms with Crippen LogP contribution in [0, 0.1) is 6.92 Å². The lowest BCUT2D eigenvalue weighted by molar-refractivity contribution is -0.144. The summed E-state index contributed by atoms with van der Waals surface area (Å²) in [6.45, 7) is 9.86. The van der Waals surface area contributed by atoms with Gasteiger partial charge in [0.1, 0.15) is 18.1 Å². The van der Waals surface area contributed by atoms with Gasteiger partial charge in [-0.3, -0.25) is 4.79 Å². The van der Waals surface area contributed by atoms with E-state index in [2.05, 4.69) is 6.58 Å². The molecule has 4 nitrogen and oxygen atoms in total. The second-order valence-corrected chi connectivity index (χ2v) is 5.55. The molecule has 0 saturated carbocycles. The minimum atomic E-state index is -0.470. The van der Waals surface area contributed by atoms with Gasteiger partial charge in [-0.1, -0.05) is 11.6 Å². The van der Waals surface area contributed by atoms with E-state index in [1.165, 1.54) is 0 Å². The lowest BCUT2D eigenvalue weighted by atomic mass is 9.93. The molecule has 23 heavy (non-hydrogen) atoms. The predicted molar refractivity (Wildman–Crippen MR) is 92.2 cm³/mol. The zero-order valence-corrected chi connectivity index (χ0v) is 14.6. The first-order valence-corrected chi connectivity index (χ1v) is 7.58. The Morgan fingerprint density at radius 2 is 1.87 bits per heavy atom. The summed E-state index contributed by atoms with van der Waals surface area (Å²) in [6, 6.07) is 3.71. The number of carbonyl (C=O) groups is 1. The summed E-state index contributed by atoms with van der Waals surface area (Å²) in [5.41, 5.74) is 2.80. The molecule has 0 aromatic heterocycles. The largest absolute Gasteiger partial charge is 0.496 e. The number of esters is 1. The minimum Gasteiger partial charge on any atom is -0.496 e. The lowest BCUT2D eigenvalue weighted by Crippen LogP contribution is -2.17. The SMILES string of the molecule is C=CCC(C(=O)OCC=C(C)C)c1cc(OC)c(C)cc1OC. The van der Waals surface area contributed by atoms with Crippen LogP contribution in [0.5, 0.6) is 11.5 Å². The number of ether oxygens (including phenoxy) is 3. The molecule has 0 aliphatic carbocycles. The summed E-state index contributed by atoms with van der Waals surface area (Å²) in [5.74, 6) is 0.593. The van der Waals surface area contributed by atoms with E-state index in [-0.39, 0.29) is 12.6 Å². The van der Waals surface area contributed by atoms with Crippen molar-refractivity contribution >= 4 is 5.97 Å². The van der Waals surface area contributed by atoms with Gasteiger partial charge in [0, 0.05) is 5.56 Å². The number of rotatable bonds is 8. The van der Waals surface area contributed by atoms with Gasteiger partial charge in [-0.2, -0.15) is 0 Å². The molecule has 0 spiro atoms. The summed E-state index contributed by atoms with van der Waals surface area (Å²) >= 11 is 0. The molecule has 1 aromatic carbocycles. The Labute approximate surface area is 138 Å². The van der Waals surface area contributed by atoms with Crippen LogP contribution in [0.3, 0.4) is 0 Å². The Balaban J connectivity index is 3.15. The number of aryl methyl sites for hydroxylation is 1. The maximum Gasteiger partial charge on any atom is 0.314 e. The summed E-state index contributed by atoms with van der Waals surface area (Å²) in [5, 5.41) is 0. The highest BCUT2D eigenvalue weighted by Crippen LogP contribution is 2.35. The van der Waals surface area contributed by atoms with Crippen LogP contribution < -0.4 is 9.47 Å². The number of hydrogen-bond acceptors (Lipinski definition) is 4. The van der Waals surface area contributed by atoms with Gasteiger partial charge in [-0.25, -0.2) is 0 Å². The van der Waals surface area contributed by atoms with Crippen LogP contribution in [-0.4, -0.2) is 26.8 Å². The summed E-state index contributed by atoms with van der Waals surface area (Å²) in [7, 11) is 3.19. The number of benzene rings is 1. The van der Waals surface area contributed by atoms with Crippen molar-refractivity contribution in [3.8, 4) is 11.5 Å². The second kappa shape index (κ2) is 9.03. The van der Waals surface area contributed by atoms with Crippen molar-refractivity contribution in [1.29, 1.82) is 0 Å². The smallest absolute Gasteiger partial charge is 0.314 e. The van der Waals surface area contributed by atoms with Crippen molar-refractivity contribution in [2.75, 3.05) is 20.8 Å². The first-order chi connectivity index (χ1) is 10.9. The van der Waals surface area contributed by atoms with Crippen molar-refractivity contribution in [1.82, 2.24) is 0 Å². The van der Waals surface area contributed by atoms with Gasteiger partial charge in [-0.05, 0) is 51.0 Å². The predicted octanol–water partition coefficient (Wildman–Crippen LogP) is 4.18. The molecule has 0 aliphatic rings. The molecule has 1 aromatic rings. The molecule has 126 valence electrons. The van der Waals surface area contributed by atoms with Gasteiger partial charge in [0.15, 0.2) is 0 Å². The molecule has 0 N–H and O–H groups in total. The summed E-state index contributed by atoms with van der Waals surface area (Å²) in [4.78, 5) is 12.5. The Kier molecular flexibility index (Phi) is 7.39. The summed E-state index contributed by atoms with van der Waals surface area (Å²) < 4.78 is 16.2. The second-order valence-electron chi connectivity index (χ2n) is 5.55. The van der Waals surface area contributed by atoms with Crippen LogP contribution in [0.25, 0.3) is 0 Å². The van der Waals surface area contributed by atoms with Crippen LogP contribution in [0.1, 0.15) is 37.3 Å². The van der Waals surface area contributed by atoms with E-state index in [1.54, 1.807) is 20.3 Å². The number of methoxy groups -OCH3 is 2. The normalized spacial score (nSPS) is 11.3. The standard InChI is InChI=1S/C19H26O4/c1-7-8-15(19(20)23-10-9-13(2)3)16-12-17(21-5)14(4)11-18(16)22-6/h7,9,11-12,15H,1,8,10H2,2-6H3. The first kappa shape index (κ1) is 18.8. The fraction of sp³-hybridized carbons (Fsp3) is 0.421. The number of hydrogen-bond donors (Lipinski definition) is 0. The van der Waals surface area contributed by atoms with Crippen LogP contribution in [0.4, 0.5) is 0 Å². The Hall–Kier alpha value is -2.23. The minimum absolute atomic E-state index is 0.264. The topological polar surface area (TPSA) is 44.8 Å². The molecule has 0 amide bonds. The molecule has 1 rings (SSSR count). The lowest BCUT2D eigenvalue weighted by Gasteiger charge is -2.19. The molecule has 0 heterocycles. The molecule has 4 heteroatoms. The monoisotopic (exact) mass is 318 g/mol. The number of carbonyl (C=O) groups excluding carboxylic acids is 1. The van der Waals surface area contributed by atoms with Gasteiger partial charge < -0.3 is 14.2 Å². The first-order valence-electron chi connectivity index (χ1n) is 7.58. The molecule has 0 saturated heterocycles. The zero-order valence-electron chi connectivity index (χ0n) is 14.6. The van der Waals surface area contributed by atoms with Gasteiger partial charge in [0.05, 0.1) is 20.1 Å². The van der Waals surface area contributed by atoms with Crippen LogP contribution >= 0.6 is 0 Å². The van der Waals surface area contributed by atoms with Crippen molar-refractivity contribution in [3.05, 3.63) is 47.6 Å². The maximum absolute atomic E-state index is 12.5. The van der Waals surface area contributed by atoms with Crippen LogP contribution in [0.2, 0.25) is 0 Å². The van der Waals surface area contributed by atoms with E-state index in [1.807, 2.05) is 39.0 Å². The van der Waals surface area contributed by atoms with Gasteiger partial charge in [0.25, 0.3) is 0 Å². The highest BCUT2D eigenvalue weighted by atomic mass is 16.5. The van der Waals surface area contributed by atoms with Gasteiger partial charge in [-0.15, -0.1) is 6.58 Å². The van der Waals surface area contributed by atoms with E-state index in [0.29, 0.717) is 17.9 Å². The average Bonchev–Trinajstić information content (AvgIpc) is 2.52. The van der Waals surface area contributed by atoms with E-state index < -0.39 is 5.92 Å². The van der Waals surface area contributed by atoms with Crippen molar-refractivity contribution in [2.45, 2.75) is 33.1 Å². The van der Waals surface area contributed by atoms with Crippen LogP contribution in [0.15, 0.2) is 36.4 Å². The van der Waals surface area contributed by atoms with Crippen LogP contribution in [-0.2, 0) is 9.53 Å². The molecule has 1 unspecified atom stereocenters. The molecular formula is C19H26O4. The van der Waals surface area contributed by atoms with Gasteiger partial charge in [0.2, 0.25) is 0 Å². The van der Waals surface area contributed by atoms with Crippen molar-refractivity contribution in [2.24, 2.45) is 0 Å². The van der Waals surface area contributed by atoms with Crippen molar-refractivity contribution in [3.63, 3.8) is 0 Å². The maximum atomic E-state index is 12.5. The Bertz CT molecular complexity index is 583. The fourth-order valence-corrected chi connectivity index (χ4v) is 2.25. The molecule has 0 radical (unpaired) electrons.